The molecule has 0 aromatic heterocycles. The third-order valence-electron chi connectivity index (χ3n) is 8.29. The molecule has 1 aliphatic carbocycles. The summed E-state index contributed by atoms with van der Waals surface area (Å²) in [5, 5.41) is 10.1. The number of phenolic OH excluding ortho intramolecular Hbond substituents is 1. The Morgan fingerprint density at radius 1 is 0.848 bits per heavy atom. The van der Waals surface area contributed by atoms with E-state index in [9.17, 15) is 5.11 Å². The average Bonchev–Trinajstić information content (AvgIpc) is 3.32. The van der Waals surface area contributed by atoms with Crippen molar-refractivity contribution in [3.8, 4) is 5.75 Å². The maximum atomic E-state index is 10.1. The Morgan fingerprint density at radius 3 is 2.36 bits per heavy atom. The third-order valence-corrected chi connectivity index (χ3v) is 8.29. The number of hydrogen-bond acceptors (Lipinski definition) is 3. The van der Waals surface area contributed by atoms with Gasteiger partial charge in [0.1, 0.15) is 5.75 Å². The molecule has 0 amide bonds. The Hall–Kier alpha value is -2.78. The molecule has 0 bridgehead atoms. The topological polar surface area (TPSA) is 32.7 Å². The molecule has 2 atom stereocenters. The van der Waals surface area contributed by atoms with Crippen molar-refractivity contribution in [2.24, 2.45) is 0 Å². The van der Waals surface area contributed by atoms with Crippen LogP contribution in [-0.4, -0.2) is 30.4 Å². The number of fused-ring (bicyclic) bond motifs is 1. The van der Waals surface area contributed by atoms with Gasteiger partial charge in [0.25, 0.3) is 0 Å². The van der Waals surface area contributed by atoms with Crippen LogP contribution >= 0.6 is 0 Å². The fraction of sp³-hybridized carbons (Fsp3) is 0.400. The lowest BCUT2D eigenvalue weighted by molar-refractivity contribution is -0.0146. The van der Waals surface area contributed by atoms with Crippen molar-refractivity contribution in [2.45, 2.75) is 56.0 Å². The van der Waals surface area contributed by atoms with E-state index in [-0.39, 0.29) is 5.60 Å². The van der Waals surface area contributed by atoms with E-state index in [4.69, 9.17) is 4.74 Å². The minimum atomic E-state index is 0.163. The van der Waals surface area contributed by atoms with Gasteiger partial charge >= 0.3 is 0 Å². The van der Waals surface area contributed by atoms with Crippen molar-refractivity contribution in [1.29, 1.82) is 0 Å². The highest BCUT2D eigenvalue weighted by atomic mass is 16.5. The SMILES string of the molecule is Oc1ccc2c(c1)CCC(c1ccccc1)C2c1ccc(N2CCC3(CCCO3)CC2)cc1. The predicted molar refractivity (Wildman–Crippen MR) is 133 cm³/mol. The first-order valence-electron chi connectivity index (χ1n) is 12.6. The molecule has 1 spiro atoms. The van der Waals surface area contributed by atoms with Crippen LogP contribution in [-0.2, 0) is 11.2 Å². The fourth-order valence-electron chi connectivity index (χ4n) is 6.49. The smallest absolute Gasteiger partial charge is 0.115 e. The van der Waals surface area contributed by atoms with Crippen molar-refractivity contribution >= 4 is 5.69 Å². The first-order chi connectivity index (χ1) is 16.2. The van der Waals surface area contributed by atoms with Gasteiger partial charge in [0.15, 0.2) is 0 Å². The zero-order chi connectivity index (χ0) is 22.3. The number of ether oxygens (including phenoxy) is 1. The lowest BCUT2D eigenvalue weighted by atomic mass is 9.69. The van der Waals surface area contributed by atoms with Gasteiger partial charge in [-0.05, 0) is 91.0 Å². The second-order valence-electron chi connectivity index (χ2n) is 10.1. The summed E-state index contributed by atoms with van der Waals surface area (Å²) in [7, 11) is 0. The molecule has 2 saturated heterocycles. The lowest BCUT2D eigenvalue weighted by Crippen LogP contribution is -2.44. The maximum absolute atomic E-state index is 10.1. The summed E-state index contributed by atoms with van der Waals surface area (Å²) in [6.07, 6.45) is 6.85. The predicted octanol–water partition coefficient (Wildman–Crippen LogP) is 6.40. The zero-order valence-electron chi connectivity index (χ0n) is 19.2. The van der Waals surface area contributed by atoms with E-state index >= 15 is 0 Å². The molecule has 0 radical (unpaired) electrons. The highest BCUT2D eigenvalue weighted by Gasteiger charge is 2.38. The number of phenols is 1. The summed E-state index contributed by atoms with van der Waals surface area (Å²) in [4.78, 5) is 2.53. The normalized spacial score (nSPS) is 24.1. The Kier molecular flexibility index (Phi) is 5.38. The summed E-state index contributed by atoms with van der Waals surface area (Å²) < 4.78 is 6.12. The lowest BCUT2D eigenvalue weighted by Gasteiger charge is -2.40. The van der Waals surface area contributed by atoms with Crippen LogP contribution in [0.15, 0.2) is 72.8 Å². The molecule has 6 rings (SSSR count). The first-order valence-corrected chi connectivity index (χ1v) is 12.6. The molecule has 2 aliphatic heterocycles. The average molecular weight is 440 g/mol. The van der Waals surface area contributed by atoms with Gasteiger partial charge in [-0.1, -0.05) is 48.5 Å². The van der Waals surface area contributed by atoms with Gasteiger partial charge in [0.05, 0.1) is 5.60 Å². The highest BCUT2D eigenvalue weighted by Crippen LogP contribution is 2.47. The van der Waals surface area contributed by atoms with Gasteiger partial charge in [-0.15, -0.1) is 0 Å². The molecule has 3 aromatic rings. The molecule has 3 heteroatoms. The van der Waals surface area contributed by atoms with Crippen molar-refractivity contribution in [2.75, 3.05) is 24.6 Å². The molecule has 1 N–H and O–H groups in total. The Balaban J connectivity index is 1.29. The summed E-state index contributed by atoms with van der Waals surface area (Å²) in [6.45, 7) is 3.10. The van der Waals surface area contributed by atoms with E-state index in [1.807, 2.05) is 12.1 Å². The van der Waals surface area contributed by atoms with E-state index in [1.165, 1.54) is 40.8 Å². The number of aromatic hydroxyl groups is 1. The zero-order valence-corrected chi connectivity index (χ0v) is 19.2. The van der Waals surface area contributed by atoms with Crippen molar-refractivity contribution in [3.63, 3.8) is 0 Å². The molecular formula is C30H33NO2. The third kappa shape index (κ3) is 3.93. The fourth-order valence-corrected chi connectivity index (χ4v) is 6.49. The highest BCUT2D eigenvalue weighted by molar-refractivity contribution is 5.52. The number of benzene rings is 3. The monoisotopic (exact) mass is 439 g/mol. The summed E-state index contributed by atoms with van der Waals surface area (Å²) in [5.41, 5.74) is 6.91. The van der Waals surface area contributed by atoms with Crippen LogP contribution in [0.4, 0.5) is 5.69 Å². The number of anilines is 1. The van der Waals surface area contributed by atoms with Crippen LogP contribution in [0.25, 0.3) is 0 Å². The van der Waals surface area contributed by atoms with Gasteiger partial charge in [0.2, 0.25) is 0 Å². The largest absolute Gasteiger partial charge is 0.508 e. The summed E-state index contributed by atoms with van der Waals surface area (Å²) in [5.74, 6) is 1.13. The van der Waals surface area contributed by atoms with Crippen LogP contribution in [0.2, 0.25) is 0 Å². The van der Waals surface area contributed by atoms with E-state index in [1.54, 1.807) is 0 Å². The maximum Gasteiger partial charge on any atom is 0.115 e. The minimum Gasteiger partial charge on any atom is -0.508 e. The van der Waals surface area contributed by atoms with E-state index in [0.717, 1.165) is 45.4 Å². The van der Waals surface area contributed by atoms with Crippen LogP contribution in [0.1, 0.15) is 66.2 Å². The molecule has 3 nitrogen and oxygen atoms in total. The Labute approximate surface area is 197 Å². The van der Waals surface area contributed by atoms with E-state index < -0.39 is 0 Å². The van der Waals surface area contributed by atoms with Crippen LogP contribution in [0, 0.1) is 0 Å². The molecule has 33 heavy (non-hydrogen) atoms. The van der Waals surface area contributed by atoms with Gasteiger partial charge in [0, 0.05) is 31.3 Å². The molecule has 0 saturated carbocycles. The Bertz CT molecular complexity index is 1090. The van der Waals surface area contributed by atoms with E-state index in [2.05, 4.69) is 65.6 Å². The second kappa shape index (κ2) is 8.53. The number of aryl methyl sites for hydroxylation is 1. The second-order valence-corrected chi connectivity index (χ2v) is 10.1. The summed E-state index contributed by atoms with van der Waals surface area (Å²) >= 11 is 0. The number of rotatable bonds is 3. The van der Waals surface area contributed by atoms with Crippen molar-refractivity contribution in [3.05, 3.63) is 95.1 Å². The van der Waals surface area contributed by atoms with Crippen molar-refractivity contribution in [1.82, 2.24) is 0 Å². The van der Waals surface area contributed by atoms with Gasteiger partial charge in [-0.25, -0.2) is 0 Å². The molecule has 170 valence electrons. The van der Waals surface area contributed by atoms with Crippen molar-refractivity contribution < 1.29 is 9.84 Å². The van der Waals surface area contributed by atoms with Crippen LogP contribution < -0.4 is 4.90 Å². The van der Waals surface area contributed by atoms with Crippen LogP contribution in [0.5, 0.6) is 5.75 Å². The number of nitrogens with zero attached hydrogens (tertiary/aromatic N) is 1. The summed E-state index contributed by atoms with van der Waals surface area (Å²) in [6, 6.07) is 26.2. The van der Waals surface area contributed by atoms with Gasteiger partial charge in [-0.2, -0.15) is 0 Å². The van der Waals surface area contributed by atoms with Gasteiger partial charge in [-0.3, -0.25) is 0 Å². The van der Waals surface area contributed by atoms with E-state index in [0.29, 0.717) is 17.6 Å². The Morgan fingerprint density at radius 2 is 1.64 bits per heavy atom. The first kappa shape index (κ1) is 20.8. The van der Waals surface area contributed by atoms with Gasteiger partial charge < -0.3 is 14.7 Å². The molecule has 2 fully saturated rings. The number of hydrogen-bond donors (Lipinski definition) is 1. The van der Waals surface area contributed by atoms with Crippen LogP contribution in [0.3, 0.4) is 0 Å². The quantitative estimate of drug-likeness (QED) is 0.512. The molecule has 3 aliphatic rings. The number of piperidine rings is 1. The molecular weight excluding hydrogens is 406 g/mol. The molecule has 3 aromatic carbocycles. The minimum absolute atomic E-state index is 0.163. The molecule has 2 heterocycles. The standard InChI is InChI=1S/C30H33NO2/c32-26-12-14-28-24(21-26)9-13-27(22-5-2-1-3-6-22)29(28)23-7-10-25(11-8-23)31-18-16-30(17-19-31)15-4-20-33-30/h1-3,5-8,10-12,14,21,27,29,32H,4,9,13,15-20H2. The molecule has 2 unspecified atom stereocenters.